The van der Waals surface area contributed by atoms with Gasteiger partial charge in [0.05, 0.1) is 6.61 Å². The molecular weight excluding hydrogens is 458 g/mol. The van der Waals surface area contributed by atoms with Gasteiger partial charge in [0.2, 0.25) is 0 Å². The van der Waals surface area contributed by atoms with Crippen LogP contribution in [0.1, 0.15) is 69.5 Å². The van der Waals surface area contributed by atoms with Crippen molar-refractivity contribution >= 4 is 17.8 Å². The van der Waals surface area contributed by atoms with Crippen LogP contribution in [0.15, 0.2) is 12.1 Å². The summed E-state index contributed by atoms with van der Waals surface area (Å²) >= 11 is 0. The van der Waals surface area contributed by atoms with Crippen LogP contribution in [0.25, 0.3) is 0 Å². The van der Waals surface area contributed by atoms with Crippen molar-refractivity contribution in [1.29, 1.82) is 0 Å². The third-order valence-electron chi connectivity index (χ3n) is 7.86. The number of pyridine rings is 1. The van der Waals surface area contributed by atoms with E-state index in [9.17, 15) is 14.7 Å². The van der Waals surface area contributed by atoms with Gasteiger partial charge < -0.3 is 30.3 Å². The van der Waals surface area contributed by atoms with E-state index >= 15 is 0 Å². The molecule has 1 saturated heterocycles. The van der Waals surface area contributed by atoms with Crippen LogP contribution in [0, 0.1) is 0 Å². The summed E-state index contributed by atoms with van der Waals surface area (Å²) in [5.41, 5.74) is 2.44. The zero-order valence-electron chi connectivity index (χ0n) is 21.8. The molecule has 3 N–H and O–H groups in total. The number of unbranched alkanes of at least 4 members (excludes halogenated alkanes) is 1. The molecule has 2 aliphatic heterocycles. The zero-order chi connectivity index (χ0) is 25.4. The maximum Gasteiger partial charge on any atom is 0.326 e. The van der Waals surface area contributed by atoms with Gasteiger partial charge in [-0.25, -0.2) is 14.6 Å². The number of carboxylic acid groups (broad SMARTS) is 1. The number of amides is 2. The zero-order valence-corrected chi connectivity index (χ0v) is 21.8. The van der Waals surface area contributed by atoms with Crippen molar-refractivity contribution in [2.24, 2.45) is 0 Å². The van der Waals surface area contributed by atoms with Gasteiger partial charge in [-0.05, 0) is 89.3 Å². The highest BCUT2D eigenvalue weighted by Gasteiger charge is 2.53. The van der Waals surface area contributed by atoms with E-state index in [1.54, 1.807) is 0 Å². The van der Waals surface area contributed by atoms with E-state index in [0.29, 0.717) is 26.2 Å². The Morgan fingerprint density at radius 1 is 1.22 bits per heavy atom. The number of nitrogens with zero attached hydrogens (tertiary/aromatic N) is 3. The number of fused-ring (bicyclic) bond motifs is 1. The van der Waals surface area contributed by atoms with Crippen LogP contribution >= 0.6 is 0 Å². The van der Waals surface area contributed by atoms with E-state index in [1.807, 2.05) is 11.8 Å². The molecule has 4 rings (SSSR count). The number of aryl methyl sites for hydroxylation is 2. The van der Waals surface area contributed by atoms with E-state index < -0.39 is 12.0 Å². The molecule has 1 saturated carbocycles. The predicted molar refractivity (Wildman–Crippen MR) is 139 cm³/mol. The summed E-state index contributed by atoms with van der Waals surface area (Å²) in [6.07, 6.45) is 9.73. The van der Waals surface area contributed by atoms with Gasteiger partial charge >= 0.3 is 12.0 Å². The summed E-state index contributed by atoms with van der Waals surface area (Å²) < 4.78 is 5.56. The topological polar surface area (TPSA) is 107 Å². The first-order chi connectivity index (χ1) is 17.5. The van der Waals surface area contributed by atoms with Crippen molar-refractivity contribution in [2.45, 2.75) is 82.7 Å². The van der Waals surface area contributed by atoms with Crippen molar-refractivity contribution in [3.63, 3.8) is 0 Å². The summed E-state index contributed by atoms with van der Waals surface area (Å²) in [6.45, 7) is 7.22. The lowest BCUT2D eigenvalue weighted by atomic mass is 10.1. The van der Waals surface area contributed by atoms with Gasteiger partial charge in [0.15, 0.2) is 0 Å². The van der Waals surface area contributed by atoms with Crippen LogP contribution in [0.5, 0.6) is 0 Å². The molecule has 0 aromatic carbocycles. The minimum Gasteiger partial charge on any atom is -0.480 e. The maximum atomic E-state index is 12.8. The van der Waals surface area contributed by atoms with Crippen LogP contribution in [0.2, 0.25) is 0 Å². The first-order valence-electron chi connectivity index (χ1n) is 13.8. The average molecular weight is 502 g/mol. The Balaban J connectivity index is 1.23. The number of rotatable bonds is 14. The fourth-order valence-corrected chi connectivity index (χ4v) is 5.54. The summed E-state index contributed by atoms with van der Waals surface area (Å²) in [5.74, 6) is 0.0737. The SMILES string of the molecule is CCOCCN(CCCCc1ccc2c(n1)NCCC2)CC[C@H](NC(=O)N1CCCC12CC2)C(=O)O. The predicted octanol–water partition coefficient (Wildman–Crippen LogP) is 3.28. The molecule has 1 aliphatic carbocycles. The molecule has 200 valence electrons. The van der Waals surface area contributed by atoms with Crippen molar-refractivity contribution in [1.82, 2.24) is 20.1 Å². The summed E-state index contributed by atoms with van der Waals surface area (Å²) in [7, 11) is 0. The summed E-state index contributed by atoms with van der Waals surface area (Å²) in [4.78, 5) is 33.7. The Hall–Kier alpha value is -2.39. The largest absolute Gasteiger partial charge is 0.480 e. The maximum absolute atomic E-state index is 12.8. The Labute approximate surface area is 215 Å². The lowest BCUT2D eigenvalue weighted by Gasteiger charge is -2.28. The Bertz CT molecular complexity index is 891. The first kappa shape index (κ1) is 26.7. The lowest BCUT2D eigenvalue weighted by Crippen LogP contribution is -2.51. The third kappa shape index (κ3) is 7.09. The molecule has 2 amide bonds. The molecule has 0 bridgehead atoms. The van der Waals surface area contributed by atoms with Crippen molar-refractivity contribution in [3.05, 3.63) is 23.4 Å². The van der Waals surface area contributed by atoms with Gasteiger partial charge in [-0.15, -0.1) is 0 Å². The number of nitrogens with one attached hydrogen (secondary N) is 2. The van der Waals surface area contributed by atoms with Crippen molar-refractivity contribution < 1.29 is 19.4 Å². The number of carboxylic acids is 1. The van der Waals surface area contributed by atoms with Crippen LogP contribution in [0.3, 0.4) is 0 Å². The summed E-state index contributed by atoms with van der Waals surface area (Å²) in [5, 5.41) is 16.0. The Kier molecular flexibility index (Phi) is 9.42. The van der Waals surface area contributed by atoms with E-state index in [4.69, 9.17) is 9.72 Å². The Morgan fingerprint density at radius 2 is 2.08 bits per heavy atom. The van der Waals surface area contributed by atoms with Gasteiger partial charge in [-0.2, -0.15) is 0 Å². The number of urea groups is 1. The van der Waals surface area contributed by atoms with Crippen molar-refractivity contribution in [3.8, 4) is 0 Å². The Morgan fingerprint density at radius 3 is 2.86 bits per heavy atom. The molecule has 9 heteroatoms. The van der Waals surface area contributed by atoms with Gasteiger partial charge in [0, 0.05) is 44.0 Å². The van der Waals surface area contributed by atoms with Gasteiger partial charge in [-0.3, -0.25) is 0 Å². The molecule has 1 spiro atoms. The van der Waals surface area contributed by atoms with E-state index in [0.717, 1.165) is 95.5 Å². The molecule has 3 aliphatic rings. The van der Waals surface area contributed by atoms with Crippen molar-refractivity contribution in [2.75, 3.05) is 51.3 Å². The molecule has 0 unspecified atom stereocenters. The van der Waals surface area contributed by atoms with Crippen LogP contribution in [0.4, 0.5) is 10.6 Å². The number of aromatic nitrogens is 1. The number of carbonyl (C=O) groups is 2. The van der Waals surface area contributed by atoms with Gasteiger partial charge in [-0.1, -0.05) is 6.07 Å². The van der Waals surface area contributed by atoms with Crippen LogP contribution < -0.4 is 10.6 Å². The summed E-state index contributed by atoms with van der Waals surface area (Å²) in [6, 6.07) is 3.25. The number of aliphatic carboxylic acids is 1. The highest BCUT2D eigenvalue weighted by molar-refractivity contribution is 5.83. The van der Waals surface area contributed by atoms with Crippen LogP contribution in [-0.2, 0) is 22.4 Å². The number of carbonyl (C=O) groups excluding carboxylic acids is 1. The second-order valence-corrected chi connectivity index (χ2v) is 10.4. The second kappa shape index (κ2) is 12.7. The number of anilines is 1. The van der Waals surface area contributed by atoms with Crippen LogP contribution in [-0.4, -0.2) is 89.4 Å². The molecule has 9 nitrogen and oxygen atoms in total. The smallest absolute Gasteiger partial charge is 0.326 e. The molecular formula is C27H43N5O4. The number of hydrogen-bond donors (Lipinski definition) is 3. The molecule has 36 heavy (non-hydrogen) atoms. The average Bonchev–Trinajstić information content (AvgIpc) is 3.53. The second-order valence-electron chi connectivity index (χ2n) is 10.4. The van der Waals surface area contributed by atoms with E-state index in [2.05, 4.69) is 27.7 Å². The van der Waals surface area contributed by atoms with Gasteiger partial charge in [0.25, 0.3) is 0 Å². The molecule has 3 heterocycles. The minimum absolute atomic E-state index is 0.0135. The van der Waals surface area contributed by atoms with E-state index in [-0.39, 0.29) is 11.6 Å². The highest BCUT2D eigenvalue weighted by atomic mass is 16.5. The number of ether oxygens (including phenoxy) is 1. The quantitative estimate of drug-likeness (QED) is 0.336. The molecule has 1 atom stereocenters. The standard InChI is InChI=1S/C27H43N5O4/c1-2-36-20-19-31(16-4-3-8-22-10-9-21-7-5-15-28-24(21)29-22)18-11-23(25(33)34)30-26(35)32-17-6-12-27(32)13-14-27/h9-10,23H,2-8,11-20H2,1H3,(H,28,29)(H,30,35)(H,33,34)/t23-/m0/s1. The molecule has 1 aromatic heterocycles. The molecule has 2 fully saturated rings. The van der Waals surface area contributed by atoms with Gasteiger partial charge in [0.1, 0.15) is 11.9 Å². The fraction of sp³-hybridized carbons (Fsp3) is 0.741. The normalized spacial score (nSPS) is 18.7. The monoisotopic (exact) mass is 501 g/mol. The lowest BCUT2D eigenvalue weighted by molar-refractivity contribution is -0.139. The number of likely N-dealkylation sites (tertiary alicyclic amines) is 1. The van der Waals surface area contributed by atoms with E-state index in [1.165, 1.54) is 5.56 Å². The fourth-order valence-electron chi connectivity index (χ4n) is 5.54. The highest BCUT2D eigenvalue weighted by Crippen LogP contribution is 2.49. The minimum atomic E-state index is -0.968. The number of hydrogen-bond acceptors (Lipinski definition) is 6. The molecule has 1 aromatic rings. The molecule has 0 radical (unpaired) electrons. The first-order valence-corrected chi connectivity index (χ1v) is 13.8. The third-order valence-corrected chi connectivity index (χ3v) is 7.86.